The quantitative estimate of drug-likeness (QED) is 0.607. The number of anilines is 2. The third kappa shape index (κ3) is 3.78. The fraction of sp³-hybridized carbons (Fsp3) is 0.304. The number of hydrogen-bond donors (Lipinski definition) is 1. The SMILES string of the molecule is CCn1c(=O)cc(C2CC2)c2cc(N(C)C(=O)c3ccc(C(F)(F)F)cc3N)ccc21. The first-order chi connectivity index (χ1) is 14.6. The number of halogens is 3. The Morgan fingerprint density at radius 2 is 1.87 bits per heavy atom. The third-order valence-electron chi connectivity index (χ3n) is 5.76. The largest absolute Gasteiger partial charge is 0.416 e. The molecule has 0 atom stereocenters. The molecule has 2 N–H and O–H groups in total. The van der Waals surface area contributed by atoms with Crippen LogP contribution in [0.25, 0.3) is 10.9 Å². The maximum atomic E-state index is 13.0. The van der Waals surface area contributed by atoms with Gasteiger partial charge in [0, 0.05) is 36.4 Å². The van der Waals surface area contributed by atoms with E-state index >= 15 is 0 Å². The second kappa shape index (κ2) is 7.44. The Balaban J connectivity index is 1.75. The molecule has 162 valence electrons. The van der Waals surface area contributed by atoms with Crippen molar-refractivity contribution < 1.29 is 18.0 Å². The van der Waals surface area contributed by atoms with E-state index in [-0.39, 0.29) is 16.8 Å². The first kappa shape index (κ1) is 21.0. The molecule has 0 unspecified atom stereocenters. The fourth-order valence-corrected chi connectivity index (χ4v) is 3.90. The van der Waals surface area contributed by atoms with E-state index in [1.54, 1.807) is 29.8 Å². The van der Waals surface area contributed by atoms with Crippen LogP contribution in [0, 0.1) is 0 Å². The van der Waals surface area contributed by atoms with Crippen molar-refractivity contribution in [2.45, 2.75) is 38.4 Å². The lowest BCUT2D eigenvalue weighted by molar-refractivity contribution is -0.137. The summed E-state index contributed by atoms with van der Waals surface area (Å²) in [4.78, 5) is 26.8. The standard InChI is InChI=1S/C23H22F3N3O2/c1-3-29-20-9-7-15(11-18(20)17(12-21(29)30)13-4-5-13)28(2)22(31)16-8-6-14(10-19(16)27)23(24,25)26/h6-13H,3-5,27H2,1-2H3. The average molecular weight is 429 g/mol. The van der Waals surface area contributed by atoms with Crippen LogP contribution < -0.4 is 16.2 Å². The number of pyridine rings is 1. The minimum Gasteiger partial charge on any atom is -0.398 e. The van der Waals surface area contributed by atoms with Gasteiger partial charge in [-0.15, -0.1) is 0 Å². The van der Waals surface area contributed by atoms with Crippen LogP contribution in [0.3, 0.4) is 0 Å². The molecule has 0 saturated heterocycles. The van der Waals surface area contributed by atoms with Crippen molar-refractivity contribution in [2.75, 3.05) is 17.7 Å². The molecule has 0 spiro atoms. The van der Waals surface area contributed by atoms with Gasteiger partial charge in [-0.2, -0.15) is 13.2 Å². The molecule has 1 heterocycles. The van der Waals surface area contributed by atoms with Crippen LogP contribution in [0.15, 0.2) is 47.3 Å². The van der Waals surface area contributed by atoms with Gasteiger partial charge in [0.1, 0.15) is 0 Å². The lowest BCUT2D eigenvalue weighted by Gasteiger charge is -2.21. The van der Waals surface area contributed by atoms with E-state index in [0.717, 1.165) is 47.5 Å². The Hall–Kier alpha value is -3.29. The molecule has 3 aromatic rings. The molecule has 8 heteroatoms. The number of aryl methyl sites for hydroxylation is 1. The maximum Gasteiger partial charge on any atom is 0.416 e. The summed E-state index contributed by atoms with van der Waals surface area (Å²) < 4.78 is 40.4. The number of fused-ring (bicyclic) bond motifs is 1. The Kier molecular flexibility index (Phi) is 5.03. The summed E-state index contributed by atoms with van der Waals surface area (Å²) in [6, 6.07) is 9.78. The van der Waals surface area contributed by atoms with Gasteiger partial charge < -0.3 is 15.2 Å². The van der Waals surface area contributed by atoms with Crippen LogP contribution in [0.5, 0.6) is 0 Å². The topological polar surface area (TPSA) is 68.3 Å². The predicted molar refractivity (Wildman–Crippen MR) is 114 cm³/mol. The smallest absolute Gasteiger partial charge is 0.398 e. The fourth-order valence-electron chi connectivity index (χ4n) is 3.90. The summed E-state index contributed by atoms with van der Waals surface area (Å²) in [5, 5.41) is 0.904. The first-order valence-corrected chi connectivity index (χ1v) is 10.0. The third-order valence-corrected chi connectivity index (χ3v) is 5.76. The van der Waals surface area contributed by atoms with Crippen molar-refractivity contribution in [1.82, 2.24) is 4.57 Å². The summed E-state index contributed by atoms with van der Waals surface area (Å²) in [6.07, 6.45) is -2.49. The van der Waals surface area contributed by atoms with Gasteiger partial charge in [-0.3, -0.25) is 9.59 Å². The van der Waals surface area contributed by atoms with Crippen molar-refractivity contribution in [3.05, 3.63) is 69.5 Å². The molecule has 1 fully saturated rings. The van der Waals surface area contributed by atoms with Crippen molar-refractivity contribution in [2.24, 2.45) is 0 Å². The normalized spacial score (nSPS) is 14.1. The molecule has 1 aliphatic carbocycles. The Labute approximate surface area is 176 Å². The lowest BCUT2D eigenvalue weighted by atomic mass is 10.0. The van der Waals surface area contributed by atoms with Gasteiger partial charge in [-0.25, -0.2) is 0 Å². The van der Waals surface area contributed by atoms with Crippen molar-refractivity contribution in [3.8, 4) is 0 Å². The minimum absolute atomic E-state index is 0.00320. The number of benzene rings is 2. The van der Waals surface area contributed by atoms with E-state index in [1.165, 1.54) is 4.90 Å². The van der Waals surface area contributed by atoms with Gasteiger partial charge in [0.2, 0.25) is 0 Å². The summed E-state index contributed by atoms with van der Waals surface area (Å²) in [5.74, 6) is -0.175. The minimum atomic E-state index is -4.53. The van der Waals surface area contributed by atoms with Crippen LogP contribution in [0.1, 0.15) is 47.2 Å². The van der Waals surface area contributed by atoms with E-state index in [9.17, 15) is 22.8 Å². The number of carbonyl (C=O) groups excluding carboxylic acids is 1. The average Bonchev–Trinajstić information content (AvgIpc) is 3.56. The summed E-state index contributed by atoms with van der Waals surface area (Å²) in [5.41, 5.74) is 6.93. The highest BCUT2D eigenvalue weighted by Gasteiger charge is 2.32. The van der Waals surface area contributed by atoms with Gasteiger partial charge in [-0.05, 0) is 67.6 Å². The first-order valence-electron chi connectivity index (χ1n) is 10.0. The predicted octanol–water partition coefficient (Wildman–Crippen LogP) is 4.78. The number of rotatable bonds is 4. The molecular weight excluding hydrogens is 407 g/mol. The zero-order chi connectivity index (χ0) is 22.5. The molecule has 31 heavy (non-hydrogen) atoms. The monoisotopic (exact) mass is 429 g/mol. The van der Waals surface area contributed by atoms with Crippen molar-refractivity contribution >= 4 is 28.2 Å². The number of alkyl halides is 3. The molecule has 1 amide bonds. The second-order valence-electron chi connectivity index (χ2n) is 7.82. The molecule has 2 aromatic carbocycles. The molecular formula is C23H22F3N3O2. The summed E-state index contributed by atoms with van der Waals surface area (Å²) >= 11 is 0. The summed E-state index contributed by atoms with van der Waals surface area (Å²) in [7, 11) is 1.55. The zero-order valence-electron chi connectivity index (χ0n) is 17.2. The zero-order valence-corrected chi connectivity index (χ0v) is 17.2. The van der Waals surface area contributed by atoms with Gasteiger partial charge >= 0.3 is 6.18 Å². The maximum absolute atomic E-state index is 13.0. The van der Waals surface area contributed by atoms with Gasteiger partial charge in [0.25, 0.3) is 11.5 Å². The molecule has 1 aliphatic rings. The van der Waals surface area contributed by atoms with E-state index in [2.05, 4.69) is 0 Å². The second-order valence-corrected chi connectivity index (χ2v) is 7.82. The molecule has 0 bridgehead atoms. The molecule has 4 rings (SSSR count). The Morgan fingerprint density at radius 3 is 2.45 bits per heavy atom. The molecule has 1 aromatic heterocycles. The van der Waals surface area contributed by atoms with Gasteiger partial charge in [0.15, 0.2) is 0 Å². The van der Waals surface area contributed by atoms with Crippen molar-refractivity contribution in [3.63, 3.8) is 0 Å². The van der Waals surface area contributed by atoms with Crippen LogP contribution in [-0.2, 0) is 12.7 Å². The van der Waals surface area contributed by atoms with Gasteiger partial charge in [-0.1, -0.05) is 0 Å². The molecule has 5 nitrogen and oxygen atoms in total. The lowest BCUT2D eigenvalue weighted by Crippen LogP contribution is -2.27. The number of nitrogens with two attached hydrogens (primary N) is 1. The molecule has 0 aliphatic heterocycles. The highest BCUT2D eigenvalue weighted by Crippen LogP contribution is 2.43. The number of nitrogens with zero attached hydrogens (tertiary/aromatic N) is 2. The van der Waals surface area contributed by atoms with E-state index in [0.29, 0.717) is 18.2 Å². The van der Waals surface area contributed by atoms with Crippen LogP contribution in [-0.4, -0.2) is 17.5 Å². The van der Waals surface area contributed by atoms with E-state index in [1.807, 2.05) is 13.0 Å². The number of carbonyl (C=O) groups is 1. The number of amides is 1. The summed E-state index contributed by atoms with van der Waals surface area (Å²) in [6.45, 7) is 2.42. The number of aromatic nitrogens is 1. The van der Waals surface area contributed by atoms with Crippen LogP contribution >= 0.6 is 0 Å². The van der Waals surface area contributed by atoms with E-state index < -0.39 is 17.6 Å². The van der Waals surface area contributed by atoms with Crippen LogP contribution in [0.4, 0.5) is 24.5 Å². The van der Waals surface area contributed by atoms with Crippen molar-refractivity contribution in [1.29, 1.82) is 0 Å². The molecule has 0 radical (unpaired) electrons. The Bertz CT molecular complexity index is 1240. The highest BCUT2D eigenvalue weighted by molar-refractivity contribution is 6.09. The van der Waals surface area contributed by atoms with E-state index in [4.69, 9.17) is 5.73 Å². The highest BCUT2D eigenvalue weighted by atomic mass is 19.4. The Morgan fingerprint density at radius 1 is 1.16 bits per heavy atom. The number of nitrogen functional groups attached to an aromatic ring is 1. The molecule has 1 saturated carbocycles. The van der Waals surface area contributed by atoms with Crippen LogP contribution in [0.2, 0.25) is 0 Å². The number of hydrogen-bond acceptors (Lipinski definition) is 3. The van der Waals surface area contributed by atoms with Gasteiger partial charge in [0.05, 0.1) is 16.6 Å².